The molecule has 0 amide bonds. The Morgan fingerprint density at radius 1 is 1.04 bits per heavy atom. The van der Waals surface area contributed by atoms with Gasteiger partial charge in [-0.3, -0.25) is 9.59 Å². The van der Waals surface area contributed by atoms with Crippen LogP contribution in [-0.2, 0) is 9.59 Å². The number of aliphatic hydroxyl groups excluding tert-OH is 2. The molecular weight excluding hydrogens is 332 g/mol. The lowest BCUT2D eigenvalue weighted by Gasteiger charge is -2.61. The van der Waals surface area contributed by atoms with Crippen molar-refractivity contribution in [2.75, 3.05) is 0 Å². The molecule has 5 nitrogen and oxygen atoms in total. The van der Waals surface area contributed by atoms with Crippen LogP contribution in [0.25, 0.3) is 0 Å². The Bertz CT molecular complexity index is 646. The number of hydrogen-bond donors (Lipinski definition) is 3. The number of rotatable bonds is 1. The monoisotopic (exact) mass is 364 g/mol. The fraction of sp³-hybridized carbons (Fsp3) is 0.905. The van der Waals surface area contributed by atoms with E-state index in [1.54, 1.807) is 0 Å². The molecule has 0 unspecified atom stereocenters. The van der Waals surface area contributed by atoms with Crippen LogP contribution in [0.1, 0.15) is 65.7 Å². The Labute approximate surface area is 155 Å². The van der Waals surface area contributed by atoms with E-state index in [9.17, 15) is 24.9 Å². The van der Waals surface area contributed by atoms with Crippen LogP contribution in [-0.4, -0.2) is 44.7 Å². The number of Topliss-reactive ketones (excluding diaryl/α,β-unsaturated/α-hetero) is 2. The third-order valence-electron chi connectivity index (χ3n) is 9.23. The van der Waals surface area contributed by atoms with Crippen molar-refractivity contribution in [3.8, 4) is 0 Å². The Morgan fingerprint density at radius 2 is 1.69 bits per heavy atom. The fourth-order valence-corrected chi connectivity index (χ4v) is 7.59. The minimum atomic E-state index is -1.34. The van der Waals surface area contributed by atoms with Crippen molar-refractivity contribution in [1.29, 1.82) is 0 Å². The number of aliphatic hydroxyl groups is 3. The van der Waals surface area contributed by atoms with Gasteiger partial charge in [-0.15, -0.1) is 0 Å². The number of carbonyl (C=O) groups is 2. The zero-order chi connectivity index (χ0) is 19.1. The number of carbonyl (C=O) groups excluding carboxylic acids is 2. The molecule has 0 spiro atoms. The molecule has 4 rings (SSSR count). The fourth-order valence-electron chi connectivity index (χ4n) is 7.59. The highest BCUT2D eigenvalue weighted by atomic mass is 16.3. The second-order valence-corrected chi connectivity index (χ2v) is 10.0. The van der Waals surface area contributed by atoms with E-state index < -0.39 is 23.2 Å². The Hall–Kier alpha value is -0.780. The lowest BCUT2D eigenvalue weighted by atomic mass is 9.43. The van der Waals surface area contributed by atoms with Gasteiger partial charge in [0.05, 0.1) is 6.10 Å². The third-order valence-corrected chi connectivity index (χ3v) is 9.23. The molecule has 4 saturated carbocycles. The lowest BCUT2D eigenvalue weighted by molar-refractivity contribution is -0.195. The first kappa shape index (κ1) is 18.6. The van der Waals surface area contributed by atoms with Crippen LogP contribution < -0.4 is 0 Å². The zero-order valence-electron chi connectivity index (χ0n) is 16.1. The Morgan fingerprint density at radius 3 is 2.35 bits per heavy atom. The third kappa shape index (κ3) is 2.08. The molecule has 26 heavy (non-hydrogen) atoms. The van der Waals surface area contributed by atoms with Gasteiger partial charge in [0.15, 0.2) is 11.6 Å². The summed E-state index contributed by atoms with van der Waals surface area (Å²) in [6.07, 6.45) is 3.15. The summed E-state index contributed by atoms with van der Waals surface area (Å²) >= 11 is 0. The molecule has 0 aromatic rings. The van der Waals surface area contributed by atoms with Crippen LogP contribution in [0.3, 0.4) is 0 Å². The number of ketones is 2. The van der Waals surface area contributed by atoms with E-state index in [0.29, 0.717) is 25.7 Å². The molecule has 4 fully saturated rings. The van der Waals surface area contributed by atoms with Gasteiger partial charge in [0.1, 0.15) is 11.7 Å². The van der Waals surface area contributed by atoms with E-state index in [1.165, 1.54) is 6.92 Å². The summed E-state index contributed by atoms with van der Waals surface area (Å²) in [5.74, 6) is -0.595. The number of hydrogen-bond acceptors (Lipinski definition) is 5. The molecule has 3 N–H and O–H groups in total. The molecule has 0 radical (unpaired) electrons. The van der Waals surface area contributed by atoms with E-state index in [0.717, 1.165) is 19.3 Å². The molecule has 0 aliphatic heterocycles. The topological polar surface area (TPSA) is 94.8 Å². The van der Waals surface area contributed by atoms with Crippen LogP contribution in [0.15, 0.2) is 0 Å². The maximum atomic E-state index is 13.1. The SMILES string of the molecule is CC(=O)[C@@]1(O)CC[C@H]2[C@@H]3[C@H](O)C(=O)[C@H]4C[C@@H](O)CC[C@]4(C)[C@H]3CC[C@@]21C. The highest BCUT2D eigenvalue weighted by Gasteiger charge is 2.69. The lowest BCUT2D eigenvalue weighted by Crippen LogP contribution is -2.64. The standard InChI is InChI=1S/C21H32O5/c1-11(22)21(26)9-6-14-16-13(5-8-20(14,21)3)19(2)7-4-12(23)10-15(19)17(24)18(16)25/h12-16,18,23,25-26H,4-10H2,1-3H3/t12-,13-,14-,15+,16+,18-,19+,20-,21-/m0/s1. The summed E-state index contributed by atoms with van der Waals surface area (Å²) in [6, 6.07) is 0. The Balaban J connectivity index is 1.74. The van der Waals surface area contributed by atoms with Crippen LogP contribution in [0.2, 0.25) is 0 Å². The van der Waals surface area contributed by atoms with E-state index in [4.69, 9.17) is 0 Å². The maximum absolute atomic E-state index is 13.1. The zero-order valence-corrected chi connectivity index (χ0v) is 16.1. The second-order valence-electron chi connectivity index (χ2n) is 10.0. The van der Waals surface area contributed by atoms with Gasteiger partial charge in [0.25, 0.3) is 0 Å². The van der Waals surface area contributed by atoms with Gasteiger partial charge in [0, 0.05) is 11.3 Å². The molecule has 4 aliphatic carbocycles. The predicted molar refractivity (Wildman–Crippen MR) is 95.1 cm³/mol. The van der Waals surface area contributed by atoms with Gasteiger partial charge >= 0.3 is 0 Å². The quantitative estimate of drug-likeness (QED) is 0.660. The second kappa shape index (κ2) is 5.62. The summed E-state index contributed by atoms with van der Waals surface area (Å²) in [5, 5.41) is 32.2. The molecule has 0 aromatic carbocycles. The first-order chi connectivity index (χ1) is 12.1. The largest absolute Gasteiger partial charge is 0.393 e. The highest BCUT2D eigenvalue weighted by molar-refractivity contribution is 5.88. The van der Waals surface area contributed by atoms with Crippen molar-refractivity contribution >= 4 is 11.6 Å². The van der Waals surface area contributed by atoms with Gasteiger partial charge in [-0.2, -0.15) is 0 Å². The minimum absolute atomic E-state index is 0.0151. The normalized spacial score (nSPS) is 56.5. The average Bonchev–Trinajstić information content (AvgIpc) is 2.87. The van der Waals surface area contributed by atoms with E-state index in [2.05, 4.69) is 6.92 Å². The summed E-state index contributed by atoms with van der Waals surface area (Å²) in [4.78, 5) is 25.3. The molecule has 5 heteroatoms. The van der Waals surface area contributed by atoms with Crippen LogP contribution in [0.5, 0.6) is 0 Å². The minimum Gasteiger partial charge on any atom is -0.393 e. The summed E-state index contributed by atoms with van der Waals surface area (Å²) in [6.45, 7) is 5.61. The van der Waals surface area contributed by atoms with Crippen molar-refractivity contribution in [3.05, 3.63) is 0 Å². The predicted octanol–water partition coefficient (Wildman–Crippen LogP) is 1.86. The Kier molecular flexibility index (Phi) is 4.01. The molecular formula is C21H32O5. The molecule has 0 aromatic heterocycles. The molecule has 146 valence electrons. The van der Waals surface area contributed by atoms with Gasteiger partial charge in [-0.05, 0) is 75.0 Å². The van der Waals surface area contributed by atoms with Crippen LogP contribution >= 0.6 is 0 Å². The van der Waals surface area contributed by atoms with Crippen LogP contribution in [0.4, 0.5) is 0 Å². The summed E-state index contributed by atoms with van der Waals surface area (Å²) < 4.78 is 0. The van der Waals surface area contributed by atoms with E-state index >= 15 is 0 Å². The molecule has 0 saturated heterocycles. The molecule has 0 heterocycles. The van der Waals surface area contributed by atoms with Crippen molar-refractivity contribution in [2.24, 2.45) is 34.5 Å². The number of fused-ring (bicyclic) bond motifs is 5. The van der Waals surface area contributed by atoms with Crippen molar-refractivity contribution in [1.82, 2.24) is 0 Å². The van der Waals surface area contributed by atoms with Crippen LogP contribution in [0, 0.1) is 34.5 Å². The van der Waals surface area contributed by atoms with E-state index in [-0.39, 0.29) is 40.7 Å². The first-order valence-corrected chi connectivity index (χ1v) is 10.2. The smallest absolute Gasteiger partial charge is 0.165 e. The van der Waals surface area contributed by atoms with Gasteiger partial charge in [-0.1, -0.05) is 13.8 Å². The molecule has 4 aliphatic rings. The van der Waals surface area contributed by atoms with E-state index in [1.807, 2.05) is 6.92 Å². The first-order valence-electron chi connectivity index (χ1n) is 10.2. The molecule has 9 atom stereocenters. The molecule has 0 bridgehead atoms. The van der Waals surface area contributed by atoms with Gasteiger partial charge in [-0.25, -0.2) is 0 Å². The van der Waals surface area contributed by atoms with Crippen molar-refractivity contribution in [2.45, 2.75) is 83.5 Å². The van der Waals surface area contributed by atoms with Gasteiger partial charge < -0.3 is 15.3 Å². The highest BCUT2D eigenvalue weighted by Crippen LogP contribution is 2.67. The average molecular weight is 364 g/mol. The maximum Gasteiger partial charge on any atom is 0.165 e. The van der Waals surface area contributed by atoms with Crippen molar-refractivity contribution in [3.63, 3.8) is 0 Å². The summed E-state index contributed by atoms with van der Waals surface area (Å²) in [5.41, 5.74) is -2.11. The summed E-state index contributed by atoms with van der Waals surface area (Å²) in [7, 11) is 0. The van der Waals surface area contributed by atoms with Crippen molar-refractivity contribution < 1.29 is 24.9 Å². The van der Waals surface area contributed by atoms with Gasteiger partial charge in [0.2, 0.25) is 0 Å².